The minimum Gasteiger partial charge on any atom is -0.392 e. The van der Waals surface area contributed by atoms with Crippen molar-refractivity contribution in [1.29, 1.82) is 0 Å². The van der Waals surface area contributed by atoms with Crippen LogP contribution in [0.5, 0.6) is 0 Å². The molecule has 6 unspecified atom stereocenters. The Balaban J connectivity index is 1.67. The van der Waals surface area contributed by atoms with Gasteiger partial charge in [-0.1, -0.05) is 30.3 Å². The molecule has 1 saturated heterocycles. The molecule has 2 aliphatic heterocycles. The van der Waals surface area contributed by atoms with E-state index in [2.05, 4.69) is 46.4 Å². The summed E-state index contributed by atoms with van der Waals surface area (Å²) in [5.74, 6) is 0.753. The van der Waals surface area contributed by atoms with Gasteiger partial charge >= 0.3 is 0 Å². The molecule has 0 spiro atoms. The van der Waals surface area contributed by atoms with Gasteiger partial charge in [0.05, 0.1) is 11.4 Å². The van der Waals surface area contributed by atoms with Crippen molar-refractivity contribution in [3.05, 3.63) is 46.9 Å². The van der Waals surface area contributed by atoms with Crippen LogP contribution in [-0.2, 0) is 11.3 Å². The number of hydrogen-bond acceptors (Lipinski definition) is 4. The van der Waals surface area contributed by atoms with Crippen LogP contribution in [0.3, 0.4) is 0 Å². The molecule has 1 aromatic carbocycles. The molecule has 1 aliphatic carbocycles. The first-order valence-electron chi connectivity index (χ1n) is 8.73. The zero-order valence-corrected chi connectivity index (χ0v) is 14.6. The van der Waals surface area contributed by atoms with Gasteiger partial charge in [0.25, 0.3) is 0 Å². The standard InChI is InChI=1S/C19H24N2O2S/c1-20-10-11-2-4-12(5-3-11)16-15(22)7-6-14-17(16)13-8-9-24-18(13)19(23)21-14/h2-5,8-9,13-18,20,22H,6-7,10H2,1H3,(H,21,23). The summed E-state index contributed by atoms with van der Waals surface area (Å²) in [5, 5.41) is 19.2. The van der Waals surface area contributed by atoms with Gasteiger partial charge < -0.3 is 15.7 Å². The first kappa shape index (κ1) is 16.2. The number of nitrogens with one attached hydrogen (secondary N) is 2. The molecule has 4 nitrogen and oxygen atoms in total. The van der Waals surface area contributed by atoms with Crippen molar-refractivity contribution in [2.75, 3.05) is 7.05 Å². The van der Waals surface area contributed by atoms with Crippen LogP contribution in [0.1, 0.15) is 29.9 Å². The van der Waals surface area contributed by atoms with E-state index >= 15 is 0 Å². The van der Waals surface area contributed by atoms with Crippen LogP contribution in [0.25, 0.3) is 0 Å². The highest BCUT2D eigenvalue weighted by Crippen LogP contribution is 2.50. The molecule has 3 N–H and O–H groups in total. The van der Waals surface area contributed by atoms with Gasteiger partial charge in [-0.2, -0.15) is 0 Å². The maximum absolute atomic E-state index is 12.3. The van der Waals surface area contributed by atoms with Crippen molar-refractivity contribution in [3.8, 4) is 0 Å². The molecule has 1 aromatic rings. The van der Waals surface area contributed by atoms with Crippen LogP contribution in [0.4, 0.5) is 0 Å². The van der Waals surface area contributed by atoms with E-state index in [4.69, 9.17) is 0 Å². The number of amides is 1. The van der Waals surface area contributed by atoms with E-state index in [0.29, 0.717) is 0 Å². The highest BCUT2D eigenvalue weighted by molar-refractivity contribution is 8.03. The molecule has 0 bridgehead atoms. The molecule has 1 amide bonds. The molecule has 2 fully saturated rings. The summed E-state index contributed by atoms with van der Waals surface area (Å²) in [4.78, 5) is 12.3. The number of benzene rings is 1. The molecule has 0 radical (unpaired) electrons. The first-order chi connectivity index (χ1) is 11.7. The zero-order chi connectivity index (χ0) is 16.7. The number of thioether (sulfide) groups is 1. The van der Waals surface area contributed by atoms with Crippen molar-refractivity contribution in [1.82, 2.24) is 10.6 Å². The van der Waals surface area contributed by atoms with Gasteiger partial charge in [0, 0.05) is 24.4 Å². The third kappa shape index (κ3) is 2.68. The van der Waals surface area contributed by atoms with E-state index in [1.54, 1.807) is 11.8 Å². The monoisotopic (exact) mass is 344 g/mol. The zero-order valence-electron chi connectivity index (χ0n) is 13.8. The van der Waals surface area contributed by atoms with Crippen molar-refractivity contribution in [2.45, 2.75) is 42.7 Å². The molecule has 5 heteroatoms. The summed E-state index contributed by atoms with van der Waals surface area (Å²) in [6, 6.07) is 8.76. The summed E-state index contributed by atoms with van der Waals surface area (Å²) >= 11 is 1.62. The lowest BCUT2D eigenvalue weighted by Gasteiger charge is -2.48. The number of aliphatic hydroxyl groups is 1. The minimum absolute atomic E-state index is 0.0254. The smallest absolute Gasteiger partial charge is 0.234 e. The third-order valence-electron chi connectivity index (χ3n) is 5.72. The summed E-state index contributed by atoms with van der Waals surface area (Å²) in [6.45, 7) is 0.847. The predicted octanol–water partition coefficient (Wildman–Crippen LogP) is 2.00. The van der Waals surface area contributed by atoms with E-state index in [9.17, 15) is 9.90 Å². The van der Waals surface area contributed by atoms with E-state index < -0.39 is 0 Å². The van der Waals surface area contributed by atoms with E-state index in [1.807, 2.05) is 7.05 Å². The fourth-order valence-corrected chi connectivity index (χ4v) is 5.74. The van der Waals surface area contributed by atoms with Gasteiger partial charge in [-0.25, -0.2) is 0 Å². The molecule has 3 aliphatic rings. The number of carbonyl (C=O) groups is 1. The molecule has 0 aromatic heterocycles. The number of piperidine rings is 1. The Morgan fingerprint density at radius 2 is 2.08 bits per heavy atom. The maximum Gasteiger partial charge on any atom is 0.234 e. The summed E-state index contributed by atoms with van der Waals surface area (Å²) in [5.41, 5.74) is 2.44. The van der Waals surface area contributed by atoms with Crippen molar-refractivity contribution < 1.29 is 9.90 Å². The van der Waals surface area contributed by atoms with Crippen molar-refractivity contribution in [3.63, 3.8) is 0 Å². The SMILES string of the molecule is CNCc1ccc(C2C(O)CCC3NC(=O)C4SC=CC4C32)cc1. The van der Waals surface area contributed by atoms with Crippen LogP contribution in [0, 0.1) is 11.8 Å². The van der Waals surface area contributed by atoms with Crippen LogP contribution in [-0.4, -0.2) is 35.5 Å². The molecular weight excluding hydrogens is 320 g/mol. The molecule has 128 valence electrons. The topological polar surface area (TPSA) is 61.4 Å². The van der Waals surface area contributed by atoms with Gasteiger partial charge in [0.2, 0.25) is 5.91 Å². The van der Waals surface area contributed by atoms with E-state index in [1.165, 1.54) is 11.1 Å². The Kier molecular flexibility index (Phi) is 4.41. The number of fused-ring (bicyclic) bond motifs is 3. The lowest BCUT2D eigenvalue weighted by atomic mass is 9.63. The summed E-state index contributed by atoms with van der Waals surface area (Å²) in [6.07, 6.45) is 3.47. The average molecular weight is 344 g/mol. The fraction of sp³-hybridized carbons (Fsp3) is 0.526. The second-order valence-electron chi connectivity index (χ2n) is 7.10. The Hall–Kier alpha value is -1.30. The van der Waals surface area contributed by atoms with Crippen LogP contribution in [0.2, 0.25) is 0 Å². The number of allylic oxidation sites excluding steroid dienone is 1. The van der Waals surface area contributed by atoms with Crippen LogP contribution >= 0.6 is 11.8 Å². The lowest BCUT2D eigenvalue weighted by Crippen LogP contribution is -2.59. The Bertz CT molecular complexity index is 645. The van der Waals surface area contributed by atoms with E-state index in [-0.39, 0.29) is 41.1 Å². The van der Waals surface area contributed by atoms with Crippen molar-refractivity contribution in [2.24, 2.45) is 11.8 Å². The number of hydrogen-bond donors (Lipinski definition) is 3. The molecule has 2 heterocycles. The van der Waals surface area contributed by atoms with E-state index in [0.717, 1.165) is 19.4 Å². The van der Waals surface area contributed by atoms with Gasteiger partial charge in [-0.05, 0) is 42.3 Å². The summed E-state index contributed by atoms with van der Waals surface area (Å²) in [7, 11) is 1.94. The molecule has 24 heavy (non-hydrogen) atoms. The lowest BCUT2D eigenvalue weighted by molar-refractivity contribution is -0.126. The maximum atomic E-state index is 12.3. The van der Waals surface area contributed by atoms with Crippen LogP contribution in [0.15, 0.2) is 35.7 Å². The van der Waals surface area contributed by atoms with Crippen LogP contribution < -0.4 is 10.6 Å². The third-order valence-corrected chi connectivity index (χ3v) is 6.85. The first-order valence-corrected chi connectivity index (χ1v) is 9.67. The fourth-order valence-electron chi connectivity index (χ4n) is 4.66. The second kappa shape index (κ2) is 6.54. The summed E-state index contributed by atoms with van der Waals surface area (Å²) < 4.78 is 0. The Morgan fingerprint density at radius 1 is 1.29 bits per heavy atom. The average Bonchev–Trinajstić information content (AvgIpc) is 3.07. The van der Waals surface area contributed by atoms with Crippen molar-refractivity contribution >= 4 is 17.7 Å². The highest BCUT2D eigenvalue weighted by atomic mass is 32.2. The number of rotatable bonds is 3. The number of carbonyl (C=O) groups excluding carboxylic acids is 1. The normalized spacial score (nSPS) is 37.7. The number of aliphatic hydroxyl groups excluding tert-OH is 1. The second-order valence-corrected chi connectivity index (χ2v) is 8.15. The van der Waals surface area contributed by atoms with Gasteiger partial charge in [-0.3, -0.25) is 4.79 Å². The predicted molar refractivity (Wildman–Crippen MR) is 96.6 cm³/mol. The Morgan fingerprint density at radius 3 is 2.83 bits per heavy atom. The minimum atomic E-state index is -0.337. The Labute approximate surface area is 147 Å². The van der Waals surface area contributed by atoms with Gasteiger partial charge in [0.15, 0.2) is 0 Å². The quantitative estimate of drug-likeness (QED) is 0.785. The van der Waals surface area contributed by atoms with Gasteiger partial charge in [0.1, 0.15) is 0 Å². The highest BCUT2D eigenvalue weighted by Gasteiger charge is 2.51. The largest absolute Gasteiger partial charge is 0.392 e. The molecule has 1 saturated carbocycles. The molecule has 4 rings (SSSR count). The molecular formula is C19H24N2O2S. The molecule has 6 atom stereocenters. The van der Waals surface area contributed by atoms with Gasteiger partial charge in [-0.15, -0.1) is 11.8 Å².